The molecule has 1 aromatic heterocycles. The van der Waals surface area contributed by atoms with Crippen LogP contribution in [0, 0.1) is 0 Å². The summed E-state index contributed by atoms with van der Waals surface area (Å²) in [5, 5.41) is 12.4. The van der Waals surface area contributed by atoms with Crippen LogP contribution in [0.3, 0.4) is 0 Å². The van der Waals surface area contributed by atoms with Gasteiger partial charge in [-0.05, 0) is 30.7 Å². The normalized spacial score (nSPS) is 27.8. The molecule has 1 fully saturated rings. The van der Waals surface area contributed by atoms with Crippen LogP contribution in [0.5, 0.6) is 0 Å². The Labute approximate surface area is 117 Å². The van der Waals surface area contributed by atoms with Gasteiger partial charge in [-0.25, -0.2) is 0 Å². The maximum atomic E-state index is 10.8. The number of rotatable bonds is 2. The van der Waals surface area contributed by atoms with Crippen molar-refractivity contribution in [3.8, 4) is 0 Å². The monoisotopic (exact) mass is 280 g/mol. The second-order valence-electron chi connectivity index (χ2n) is 5.18. The molecule has 2 aromatic rings. The van der Waals surface area contributed by atoms with Crippen LogP contribution in [0.25, 0.3) is 11.0 Å². The highest BCUT2D eigenvalue weighted by Crippen LogP contribution is 2.38. The Hall–Kier alpha value is -1.03. The smallest absolute Gasteiger partial charge is 0.137 e. The van der Waals surface area contributed by atoms with Gasteiger partial charge in [-0.15, -0.1) is 0 Å². The first kappa shape index (κ1) is 13.0. The van der Waals surface area contributed by atoms with Gasteiger partial charge in [-0.2, -0.15) is 0 Å². The van der Waals surface area contributed by atoms with Crippen molar-refractivity contribution in [2.45, 2.75) is 37.9 Å². The first-order valence-electron chi connectivity index (χ1n) is 6.64. The molecule has 0 bridgehead atoms. The van der Waals surface area contributed by atoms with Crippen LogP contribution < -0.4 is 0 Å². The van der Waals surface area contributed by atoms with E-state index < -0.39 is 5.60 Å². The average Bonchev–Trinajstić information content (AvgIpc) is 2.82. The molecule has 1 saturated heterocycles. The van der Waals surface area contributed by atoms with Crippen molar-refractivity contribution in [3.63, 3.8) is 0 Å². The van der Waals surface area contributed by atoms with Gasteiger partial charge in [-0.3, -0.25) is 0 Å². The SMILES string of the molecule is CCC1CC(O)(c2cc3cc(Cl)ccc3o2)CCO1. The maximum absolute atomic E-state index is 10.8. The van der Waals surface area contributed by atoms with Gasteiger partial charge in [0.1, 0.15) is 16.9 Å². The third kappa shape index (κ3) is 2.38. The van der Waals surface area contributed by atoms with Gasteiger partial charge in [0.05, 0.1) is 12.7 Å². The zero-order valence-electron chi connectivity index (χ0n) is 10.9. The summed E-state index contributed by atoms with van der Waals surface area (Å²) in [6.07, 6.45) is 2.14. The Bertz CT molecular complexity index is 592. The van der Waals surface area contributed by atoms with Crippen molar-refractivity contribution in [1.29, 1.82) is 0 Å². The largest absolute Gasteiger partial charge is 0.458 e. The minimum atomic E-state index is -0.926. The lowest BCUT2D eigenvalue weighted by atomic mass is 9.87. The summed E-state index contributed by atoms with van der Waals surface area (Å²) in [6.45, 7) is 2.63. The van der Waals surface area contributed by atoms with E-state index in [9.17, 15) is 5.11 Å². The van der Waals surface area contributed by atoms with Crippen molar-refractivity contribution < 1.29 is 14.3 Å². The molecule has 1 aliphatic heterocycles. The summed E-state index contributed by atoms with van der Waals surface area (Å²) in [5.74, 6) is 0.617. The van der Waals surface area contributed by atoms with Crippen LogP contribution in [0.1, 0.15) is 31.9 Å². The van der Waals surface area contributed by atoms with E-state index in [1.165, 1.54) is 0 Å². The van der Waals surface area contributed by atoms with E-state index in [2.05, 4.69) is 6.92 Å². The number of halogens is 1. The molecule has 0 saturated carbocycles. The quantitative estimate of drug-likeness (QED) is 0.908. The molecule has 102 valence electrons. The summed E-state index contributed by atoms with van der Waals surface area (Å²) < 4.78 is 11.4. The lowest BCUT2D eigenvalue weighted by molar-refractivity contribution is -0.117. The second kappa shape index (κ2) is 4.82. The fourth-order valence-corrected chi connectivity index (χ4v) is 2.84. The minimum absolute atomic E-state index is 0.0931. The molecule has 3 nitrogen and oxygen atoms in total. The predicted molar refractivity (Wildman–Crippen MR) is 74.4 cm³/mol. The molecule has 2 unspecified atom stereocenters. The van der Waals surface area contributed by atoms with Crippen LogP contribution in [0.4, 0.5) is 0 Å². The van der Waals surface area contributed by atoms with E-state index in [1.807, 2.05) is 18.2 Å². The number of benzene rings is 1. The maximum Gasteiger partial charge on any atom is 0.137 e. The van der Waals surface area contributed by atoms with E-state index >= 15 is 0 Å². The third-order valence-electron chi connectivity index (χ3n) is 3.83. The molecular formula is C15H17ClO3. The Kier molecular flexibility index (Phi) is 3.29. The van der Waals surface area contributed by atoms with Crippen molar-refractivity contribution in [2.24, 2.45) is 0 Å². The highest BCUT2D eigenvalue weighted by molar-refractivity contribution is 6.31. The molecule has 1 aliphatic rings. The number of ether oxygens (including phenoxy) is 1. The lowest BCUT2D eigenvalue weighted by Crippen LogP contribution is -2.38. The average molecular weight is 281 g/mol. The van der Waals surface area contributed by atoms with Gasteiger partial charge < -0.3 is 14.3 Å². The molecule has 19 heavy (non-hydrogen) atoms. The van der Waals surface area contributed by atoms with Crippen molar-refractivity contribution in [1.82, 2.24) is 0 Å². The Morgan fingerprint density at radius 1 is 1.42 bits per heavy atom. The standard InChI is InChI=1S/C15H17ClO3/c1-2-12-9-15(17,5-6-18-12)14-8-10-7-11(16)3-4-13(10)19-14/h3-4,7-8,12,17H,2,5-6,9H2,1H3. The number of aliphatic hydroxyl groups is 1. The number of fused-ring (bicyclic) bond motifs is 1. The van der Waals surface area contributed by atoms with Gasteiger partial charge in [0.2, 0.25) is 0 Å². The summed E-state index contributed by atoms with van der Waals surface area (Å²) in [6, 6.07) is 7.37. The molecule has 2 heterocycles. The Morgan fingerprint density at radius 2 is 2.26 bits per heavy atom. The van der Waals surface area contributed by atoms with E-state index in [4.69, 9.17) is 20.8 Å². The molecule has 1 N–H and O–H groups in total. The highest BCUT2D eigenvalue weighted by Gasteiger charge is 2.38. The Balaban J connectivity index is 1.98. The van der Waals surface area contributed by atoms with Gasteiger partial charge in [0.25, 0.3) is 0 Å². The third-order valence-corrected chi connectivity index (χ3v) is 4.06. The molecule has 0 amide bonds. The van der Waals surface area contributed by atoms with Crippen molar-refractivity contribution in [3.05, 3.63) is 35.0 Å². The first-order valence-corrected chi connectivity index (χ1v) is 7.02. The highest BCUT2D eigenvalue weighted by atomic mass is 35.5. The molecule has 3 rings (SSSR count). The number of hydrogen-bond acceptors (Lipinski definition) is 3. The van der Waals surface area contributed by atoms with Crippen LogP contribution in [0.15, 0.2) is 28.7 Å². The summed E-state index contributed by atoms with van der Waals surface area (Å²) >= 11 is 5.97. The van der Waals surface area contributed by atoms with Gasteiger partial charge in [-0.1, -0.05) is 18.5 Å². The fraction of sp³-hybridized carbons (Fsp3) is 0.467. The van der Waals surface area contributed by atoms with Crippen molar-refractivity contribution in [2.75, 3.05) is 6.61 Å². The Morgan fingerprint density at radius 3 is 3.05 bits per heavy atom. The summed E-state index contributed by atoms with van der Waals surface area (Å²) in [5.41, 5.74) is -0.169. The lowest BCUT2D eigenvalue weighted by Gasteiger charge is -2.35. The number of furan rings is 1. The molecule has 0 aliphatic carbocycles. The van der Waals surface area contributed by atoms with E-state index in [-0.39, 0.29) is 6.10 Å². The molecule has 2 atom stereocenters. The molecule has 4 heteroatoms. The number of hydrogen-bond donors (Lipinski definition) is 1. The zero-order chi connectivity index (χ0) is 13.5. The van der Waals surface area contributed by atoms with Gasteiger partial charge in [0, 0.05) is 23.3 Å². The van der Waals surface area contributed by atoms with E-state index in [0.717, 1.165) is 17.4 Å². The summed E-state index contributed by atoms with van der Waals surface area (Å²) in [4.78, 5) is 0. The molecular weight excluding hydrogens is 264 g/mol. The first-order chi connectivity index (χ1) is 9.10. The van der Waals surface area contributed by atoms with Crippen LogP contribution in [-0.2, 0) is 10.3 Å². The molecule has 1 aromatic carbocycles. The van der Waals surface area contributed by atoms with Gasteiger partial charge >= 0.3 is 0 Å². The fourth-order valence-electron chi connectivity index (χ4n) is 2.66. The van der Waals surface area contributed by atoms with E-state index in [1.54, 1.807) is 6.07 Å². The second-order valence-corrected chi connectivity index (χ2v) is 5.62. The van der Waals surface area contributed by atoms with Crippen molar-refractivity contribution >= 4 is 22.6 Å². The van der Waals surface area contributed by atoms with Crippen LogP contribution in [-0.4, -0.2) is 17.8 Å². The van der Waals surface area contributed by atoms with Gasteiger partial charge in [0.15, 0.2) is 0 Å². The van der Waals surface area contributed by atoms with Crippen LogP contribution in [0.2, 0.25) is 5.02 Å². The molecule has 0 radical (unpaired) electrons. The topological polar surface area (TPSA) is 42.6 Å². The van der Waals surface area contributed by atoms with Crippen LogP contribution >= 0.6 is 11.6 Å². The summed E-state index contributed by atoms with van der Waals surface area (Å²) in [7, 11) is 0. The molecule has 0 spiro atoms. The van der Waals surface area contributed by atoms with E-state index in [0.29, 0.717) is 30.2 Å². The predicted octanol–water partition coefficient (Wildman–Crippen LogP) is 3.86. The minimum Gasteiger partial charge on any atom is -0.458 e. The zero-order valence-corrected chi connectivity index (χ0v) is 11.6.